The Morgan fingerprint density at radius 2 is 1.72 bits per heavy atom. The Morgan fingerprint density at radius 1 is 0.931 bits per heavy atom. The third-order valence-corrected chi connectivity index (χ3v) is 6.44. The van der Waals surface area contributed by atoms with E-state index in [0.717, 1.165) is 11.3 Å². The molecule has 0 nitrogen and oxygen atoms in total. The summed E-state index contributed by atoms with van der Waals surface area (Å²) in [4.78, 5) is 0. The van der Waals surface area contributed by atoms with E-state index < -0.39 is 5.82 Å². The van der Waals surface area contributed by atoms with Crippen molar-refractivity contribution >= 4 is 22.4 Å². The fourth-order valence-corrected chi connectivity index (χ4v) is 4.40. The molecule has 0 amide bonds. The summed E-state index contributed by atoms with van der Waals surface area (Å²) in [5.74, 6) is 6.22. The summed E-state index contributed by atoms with van der Waals surface area (Å²) in [7, 11) is 0. The molecule has 0 unspecified atom stereocenters. The molecule has 3 heteroatoms. The number of hydrogen-bond acceptors (Lipinski definition) is 0. The summed E-state index contributed by atoms with van der Waals surface area (Å²) in [5.41, 5.74) is 2.08. The van der Waals surface area contributed by atoms with Crippen LogP contribution in [-0.4, -0.2) is 0 Å². The zero-order chi connectivity index (χ0) is 20.4. The number of rotatable bonds is 2. The van der Waals surface area contributed by atoms with Crippen molar-refractivity contribution in [1.29, 1.82) is 0 Å². The van der Waals surface area contributed by atoms with Crippen LogP contribution in [0.2, 0.25) is 5.02 Å². The van der Waals surface area contributed by atoms with Crippen LogP contribution in [0.15, 0.2) is 48.5 Å². The second kappa shape index (κ2) is 8.56. The van der Waals surface area contributed by atoms with Crippen LogP contribution in [0.5, 0.6) is 0 Å². The fourth-order valence-electron chi connectivity index (χ4n) is 4.28. The normalized spacial score (nSPS) is 19.0. The van der Waals surface area contributed by atoms with Crippen LogP contribution >= 0.6 is 11.6 Å². The van der Waals surface area contributed by atoms with Crippen LogP contribution in [0.1, 0.15) is 61.6 Å². The van der Waals surface area contributed by atoms with Crippen LogP contribution in [0.3, 0.4) is 0 Å². The van der Waals surface area contributed by atoms with E-state index in [-0.39, 0.29) is 10.8 Å². The lowest BCUT2D eigenvalue weighted by Gasteiger charge is -2.28. The molecular formula is C26H23ClF2. The Morgan fingerprint density at radius 3 is 2.45 bits per heavy atom. The molecule has 0 spiro atoms. The maximum absolute atomic E-state index is 15.0. The molecule has 0 N–H and O–H groups in total. The summed E-state index contributed by atoms with van der Waals surface area (Å²) >= 11 is 5.69. The van der Waals surface area contributed by atoms with Gasteiger partial charge in [0.25, 0.3) is 0 Å². The van der Waals surface area contributed by atoms with Crippen molar-refractivity contribution in [2.45, 2.75) is 44.9 Å². The number of benzene rings is 3. The fraction of sp³-hybridized carbons (Fsp3) is 0.308. The lowest BCUT2D eigenvalue weighted by molar-refractivity contribution is 0.319. The maximum atomic E-state index is 15.0. The topological polar surface area (TPSA) is 0 Å². The van der Waals surface area contributed by atoms with Crippen LogP contribution in [0.4, 0.5) is 8.78 Å². The molecule has 0 atom stereocenters. The number of halogens is 3. The third kappa shape index (κ3) is 4.31. The molecule has 0 heterocycles. The zero-order valence-electron chi connectivity index (χ0n) is 16.4. The summed E-state index contributed by atoms with van der Waals surface area (Å²) in [6.07, 6.45) is 6.27. The largest absolute Gasteiger partial charge is 0.205 e. The summed E-state index contributed by atoms with van der Waals surface area (Å²) in [5, 5.41) is 1.53. The second-order valence-corrected chi connectivity index (χ2v) is 8.32. The monoisotopic (exact) mass is 408 g/mol. The predicted molar refractivity (Wildman–Crippen MR) is 116 cm³/mol. The van der Waals surface area contributed by atoms with Crippen molar-refractivity contribution in [3.8, 4) is 11.8 Å². The summed E-state index contributed by atoms with van der Waals surface area (Å²) < 4.78 is 28.5. The van der Waals surface area contributed by atoms with Crippen molar-refractivity contribution in [2.75, 3.05) is 0 Å². The Labute approximate surface area is 175 Å². The molecule has 3 aromatic rings. The molecule has 148 valence electrons. The van der Waals surface area contributed by atoms with Crippen LogP contribution in [0.25, 0.3) is 10.8 Å². The summed E-state index contributed by atoms with van der Waals surface area (Å²) in [6, 6.07) is 14.0. The van der Waals surface area contributed by atoms with Crippen molar-refractivity contribution in [1.82, 2.24) is 0 Å². The van der Waals surface area contributed by atoms with Gasteiger partial charge in [0.2, 0.25) is 0 Å². The van der Waals surface area contributed by atoms with Crippen molar-refractivity contribution in [3.63, 3.8) is 0 Å². The Hall–Kier alpha value is -2.37. The molecule has 0 saturated heterocycles. The predicted octanol–water partition coefficient (Wildman–Crippen LogP) is 7.86. The van der Waals surface area contributed by atoms with Gasteiger partial charge in [-0.2, -0.15) is 0 Å². The van der Waals surface area contributed by atoms with Gasteiger partial charge in [-0.05, 0) is 72.7 Å². The summed E-state index contributed by atoms with van der Waals surface area (Å²) in [6.45, 7) is 2.27. The highest BCUT2D eigenvalue weighted by Crippen LogP contribution is 2.38. The SMILES string of the molecule is CCC1CCC(c2ccc3c(F)c(C#Cc4ccc(Cl)c(F)c4)ccc3c2)CC1. The molecule has 0 aromatic heterocycles. The molecule has 0 bridgehead atoms. The zero-order valence-corrected chi connectivity index (χ0v) is 17.2. The molecule has 1 fully saturated rings. The van der Waals surface area contributed by atoms with Crippen molar-refractivity contribution < 1.29 is 8.78 Å². The molecule has 3 aromatic carbocycles. The van der Waals surface area contributed by atoms with Crippen molar-refractivity contribution in [2.24, 2.45) is 5.92 Å². The van der Waals surface area contributed by atoms with Gasteiger partial charge in [-0.15, -0.1) is 0 Å². The van der Waals surface area contributed by atoms with E-state index in [1.54, 1.807) is 12.1 Å². The minimum absolute atomic E-state index is 0.0476. The molecule has 0 aliphatic heterocycles. The molecule has 1 saturated carbocycles. The highest BCUT2D eigenvalue weighted by atomic mass is 35.5. The first-order chi connectivity index (χ1) is 14.0. The first-order valence-corrected chi connectivity index (χ1v) is 10.6. The van der Waals surface area contributed by atoms with Gasteiger partial charge >= 0.3 is 0 Å². The molecule has 29 heavy (non-hydrogen) atoms. The molecule has 1 aliphatic rings. The van der Waals surface area contributed by atoms with E-state index in [1.165, 1.54) is 49.8 Å². The van der Waals surface area contributed by atoms with Gasteiger partial charge in [0.15, 0.2) is 0 Å². The Balaban J connectivity index is 1.60. The van der Waals surface area contributed by atoms with Crippen LogP contribution < -0.4 is 0 Å². The van der Waals surface area contributed by atoms with E-state index >= 15 is 0 Å². The van der Waals surface area contributed by atoms with Crippen LogP contribution in [-0.2, 0) is 0 Å². The van der Waals surface area contributed by atoms with E-state index in [9.17, 15) is 8.78 Å². The Kier molecular flexibility index (Phi) is 5.88. The van der Waals surface area contributed by atoms with E-state index in [1.807, 2.05) is 12.1 Å². The van der Waals surface area contributed by atoms with E-state index in [4.69, 9.17) is 11.6 Å². The highest BCUT2D eigenvalue weighted by Gasteiger charge is 2.21. The minimum atomic E-state index is -0.530. The van der Waals surface area contributed by atoms with E-state index in [2.05, 4.69) is 30.9 Å². The molecule has 1 aliphatic carbocycles. The van der Waals surface area contributed by atoms with E-state index in [0.29, 0.717) is 22.4 Å². The second-order valence-electron chi connectivity index (χ2n) is 7.91. The van der Waals surface area contributed by atoms with Gasteiger partial charge in [-0.1, -0.05) is 61.1 Å². The van der Waals surface area contributed by atoms with Gasteiger partial charge in [0.05, 0.1) is 10.6 Å². The standard InChI is InChI=1S/C26H23ClF2/c1-2-17-3-7-19(8-4-17)21-12-13-23-22(16-21)11-10-20(26(23)29)9-5-18-6-14-24(27)25(28)15-18/h6,10-17,19H,2-4,7-8H2,1H3. The lowest BCUT2D eigenvalue weighted by Crippen LogP contribution is -2.12. The highest BCUT2D eigenvalue weighted by molar-refractivity contribution is 6.30. The number of fused-ring (bicyclic) bond motifs is 1. The molecular weight excluding hydrogens is 386 g/mol. The van der Waals surface area contributed by atoms with Crippen LogP contribution in [0, 0.1) is 29.4 Å². The first-order valence-electron chi connectivity index (χ1n) is 10.2. The van der Waals surface area contributed by atoms with Gasteiger partial charge < -0.3 is 0 Å². The average molecular weight is 409 g/mol. The van der Waals surface area contributed by atoms with Gasteiger partial charge in [0, 0.05) is 10.9 Å². The molecule has 4 rings (SSSR count). The van der Waals surface area contributed by atoms with Crippen molar-refractivity contribution in [3.05, 3.63) is 81.9 Å². The quantitative estimate of drug-likeness (QED) is 0.378. The maximum Gasteiger partial charge on any atom is 0.146 e. The first kappa shape index (κ1) is 19.9. The lowest BCUT2D eigenvalue weighted by atomic mass is 9.77. The third-order valence-electron chi connectivity index (χ3n) is 6.13. The van der Waals surface area contributed by atoms with Gasteiger partial charge in [-0.3, -0.25) is 0 Å². The number of hydrogen-bond donors (Lipinski definition) is 0. The smallest absolute Gasteiger partial charge is 0.146 e. The average Bonchev–Trinajstić information content (AvgIpc) is 2.75. The van der Waals surface area contributed by atoms with Gasteiger partial charge in [-0.25, -0.2) is 8.78 Å². The molecule has 0 radical (unpaired) electrons. The minimum Gasteiger partial charge on any atom is -0.205 e. The van der Waals surface area contributed by atoms with Gasteiger partial charge in [0.1, 0.15) is 11.6 Å². The Bertz CT molecular complexity index is 1100.